The highest BCUT2D eigenvalue weighted by Gasteiger charge is 2.29. The van der Waals surface area contributed by atoms with E-state index in [1.165, 1.54) is 4.68 Å². The van der Waals surface area contributed by atoms with Gasteiger partial charge in [0.1, 0.15) is 11.9 Å². The molecule has 1 heterocycles. The number of anilines is 1. The van der Waals surface area contributed by atoms with Crippen molar-refractivity contribution in [3.63, 3.8) is 0 Å². The van der Waals surface area contributed by atoms with E-state index in [1.54, 1.807) is 45.0 Å². The maximum absolute atomic E-state index is 13.0. The van der Waals surface area contributed by atoms with Crippen molar-refractivity contribution in [2.75, 3.05) is 5.32 Å². The Labute approximate surface area is 168 Å². The van der Waals surface area contributed by atoms with Crippen LogP contribution in [0.4, 0.5) is 5.69 Å². The van der Waals surface area contributed by atoms with Crippen LogP contribution in [0.25, 0.3) is 0 Å². The molecule has 0 fully saturated rings. The molecule has 0 saturated carbocycles. The van der Waals surface area contributed by atoms with Crippen LogP contribution in [0.3, 0.4) is 0 Å². The Bertz CT molecular complexity index is 997. The Morgan fingerprint density at radius 2 is 1.76 bits per heavy atom. The van der Waals surface area contributed by atoms with Gasteiger partial charge in [0.05, 0.1) is 5.41 Å². The highest BCUT2D eigenvalue weighted by atomic mass is 16.4. The maximum atomic E-state index is 13.0. The van der Waals surface area contributed by atoms with E-state index in [9.17, 15) is 14.7 Å². The largest absolute Gasteiger partial charge is 0.481 e. The van der Waals surface area contributed by atoms with Crippen molar-refractivity contribution in [1.29, 1.82) is 0 Å². The summed E-state index contributed by atoms with van der Waals surface area (Å²) >= 11 is 0. The second-order valence-electron chi connectivity index (χ2n) is 7.37. The summed E-state index contributed by atoms with van der Waals surface area (Å²) in [4.78, 5) is 24.5. The Balaban J connectivity index is 1.81. The van der Waals surface area contributed by atoms with Crippen molar-refractivity contribution < 1.29 is 14.7 Å². The number of aliphatic carboxylic acids is 1. The fourth-order valence-corrected chi connectivity index (χ4v) is 2.97. The predicted octanol–water partition coefficient (Wildman–Crippen LogP) is 2.77. The van der Waals surface area contributed by atoms with Gasteiger partial charge >= 0.3 is 5.97 Å². The number of amides is 1. The van der Waals surface area contributed by atoms with Gasteiger partial charge in [-0.2, -0.15) is 0 Å². The average Bonchev–Trinajstić information content (AvgIpc) is 3.12. The molecular formula is C21H23N5O3. The molecule has 0 radical (unpaired) electrons. The molecule has 3 rings (SSSR count). The number of benzene rings is 2. The quantitative estimate of drug-likeness (QED) is 0.639. The molecular weight excluding hydrogens is 370 g/mol. The summed E-state index contributed by atoms with van der Waals surface area (Å²) in [5.74, 6) is -0.625. The summed E-state index contributed by atoms with van der Waals surface area (Å²) in [6.45, 7) is 5.02. The van der Waals surface area contributed by atoms with E-state index >= 15 is 0 Å². The molecule has 0 bridgehead atoms. The number of carboxylic acids is 1. The molecule has 1 atom stereocenters. The van der Waals surface area contributed by atoms with Crippen LogP contribution in [0.1, 0.15) is 36.8 Å². The zero-order valence-electron chi connectivity index (χ0n) is 16.5. The molecule has 0 spiro atoms. The van der Waals surface area contributed by atoms with Gasteiger partial charge in [-0.1, -0.05) is 42.5 Å². The fraction of sp³-hybridized carbons (Fsp3) is 0.286. The van der Waals surface area contributed by atoms with Crippen molar-refractivity contribution in [3.05, 3.63) is 71.5 Å². The number of carbonyl (C=O) groups is 2. The molecule has 0 aliphatic heterocycles. The van der Waals surface area contributed by atoms with Crippen LogP contribution >= 0.6 is 0 Å². The van der Waals surface area contributed by atoms with Crippen molar-refractivity contribution >= 4 is 17.6 Å². The summed E-state index contributed by atoms with van der Waals surface area (Å²) < 4.78 is 1.50. The molecule has 29 heavy (non-hydrogen) atoms. The standard InChI is InChI=1S/C21H23N5O3/c1-14-23-24-25-26(14)18(13-15-7-5-4-6-8-15)19(27)22-17-11-9-16(10-12-17)21(2,3)20(28)29/h4-12,18H,13H2,1-3H3,(H,22,27)(H,28,29). The summed E-state index contributed by atoms with van der Waals surface area (Å²) in [6, 6.07) is 15.8. The van der Waals surface area contributed by atoms with Gasteiger partial charge in [-0.05, 0) is 54.5 Å². The predicted molar refractivity (Wildman–Crippen MR) is 107 cm³/mol. The zero-order valence-corrected chi connectivity index (χ0v) is 16.5. The lowest BCUT2D eigenvalue weighted by molar-refractivity contribution is -0.142. The van der Waals surface area contributed by atoms with Gasteiger partial charge in [-0.3, -0.25) is 9.59 Å². The number of carboxylic acid groups (broad SMARTS) is 1. The number of carbonyl (C=O) groups excluding carboxylic acids is 1. The van der Waals surface area contributed by atoms with Gasteiger partial charge in [0, 0.05) is 12.1 Å². The third-order valence-corrected chi connectivity index (χ3v) is 4.94. The number of hydrogen-bond donors (Lipinski definition) is 2. The zero-order chi connectivity index (χ0) is 21.0. The topological polar surface area (TPSA) is 110 Å². The van der Waals surface area contributed by atoms with E-state index < -0.39 is 17.4 Å². The van der Waals surface area contributed by atoms with E-state index in [2.05, 4.69) is 20.8 Å². The van der Waals surface area contributed by atoms with Gasteiger partial charge in [0.2, 0.25) is 5.91 Å². The molecule has 0 aliphatic carbocycles. The molecule has 8 heteroatoms. The minimum absolute atomic E-state index is 0.255. The summed E-state index contributed by atoms with van der Waals surface area (Å²) in [7, 11) is 0. The van der Waals surface area contributed by atoms with Crippen LogP contribution in [0, 0.1) is 6.92 Å². The summed E-state index contributed by atoms with van der Waals surface area (Å²) in [5.41, 5.74) is 1.20. The van der Waals surface area contributed by atoms with E-state index in [0.29, 0.717) is 23.5 Å². The Kier molecular flexibility index (Phi) is 5.72. The molecule has 1 amide bonds. The molecule has 2 N–H and O–H groups in total. The van der Waals surface area contributed by atoms with E-state index in [4.69, 9.17) is 0 Å². The molecule has 1 aromatic heterocycles. The van der Waals surface area contributed by atoms with Crippen LogP contribution in [0.5, 0.6) is 0 Å². The Hall–Kier alpha value is -3.55. The Morgan fingerprint density at radius 3 is 2.31 bits per heavy atom. The van der Waals surface area contributed by atoms with Crippen molar-refractivity contribution in [2.45, 2.75) is 38.6 Å². The molecule has 3 aromatic rings. The van der Waals surface area contributed by atoms with Crippen LogP contribution < -0.4 is 5.32 Å². The number of rotatable bonds is 7. The van der Waals surface area contributed by atoms with Gasteiger partial charge in [-0.25, -0.2) is 4.68 Å². The second kappa shape index (κ2) is 8.22. The Morgan fingerprint density at radius 1 is 1.10 bits per heavy atom. The SMILES string of the molecule is Cc1nnnn1C(Cc1ccccc1)C(=O)Nc1ccc(C(C)(C)C(=O)O)cc1. The molecule has 150 valence electrons. The number of tetrazole rings is 1. The lowest BCUT2D eigenvalue weighted by Crippen LogP contribution is -2.30. The van der Waals surface area contributed by atoms with Gasteiger partial charge in [0.15, 0.2) is 0 Å². The van der Waals surface area contributed by atoms with Gasteiger partial charge < -0.3 is 10.4 Å². The summed E-state index contributed by atoms with van der Waals surface area (Å²) in [5, 5.41) is 23.8. The monoisotopic (exact) mass is 393 g/mol. The highest BCUT2D eigenvalue weighted by Crippen LogP contribution is 2.25. The molecule has 0 aliphatic rings. The lowest BCUT2D eigenvalue weighted by atomic mass is 9.85. The number of aromatic nitrogens is 4. The number of nitrogens with zero attached hydrogens (tertiary/aromatic N) is 4. The van der Waals surface area contributed by atoms with Crippen LogP contribution in [0.15, 0.2) is 54.6 Å². The van der Waals surface area contributed by atoms with Crippen LogP contribution in [0.2, 0.25) is 0 Å². The van der Waals surface area contributed by atoms with Crippen molar-refractivity contribution in [1.82, 2.24) is 20.2 Å². The first kappa shape index (κ1) is 20.2. The normalized spacial score (nSPS) is 12.4. The van der Waals surface area contributed by atoms with Crippen molar-refractivity contribution in [2.24, 2.45) is 0 Å². The fourth-order valence-electron chi connectivity index (χ4n) is 2.97. The number of hydrogen-bond acceptors (Lipinski definition) is 5. The molecule has 0 saturated heterocycles. The van der Waals surface area contributed by atoms with Gasteiger partial charge in [0.25, 0.3) is 0 Å². The molecule has 1 unspecified atom stereocenters. The molecule has 2 aromatic carbocycles. The third kappa shape index (κ3) is 4.48. The maximum Gasteiger partial charge on any atom is 0.313 e. The number of nitrogens with one attached hydrogen (secondary N) is 1. The highest BCUT2D eigenvalue weighted by molar-refractivity contribution is 5.94. The van der Waals surface area contributed by atoms with Crippen molar-refractivity contribution in [3.8, 4) is 0 Å². The first-order chi connectivity index (χ1) is 13.8. The minimum Gasteiger partial charge on any atom is -0.481 e. The van der Waals surface area contributed by atoms with Crippen LogP contribution in [-0.4, -0.2) is 37.2 Å². The molecule has 8 nitrogen and oxygen atoms in total. The first-order valence-electron chi connectivity index (χ1n) is 9.22. The summed E-state index contributed by atoms with van der Waals surface area (Å²) in [6.07, 6.45) is 0.433. The second-order valence-corrected chi connectivity index (χ2v) is 7.37. The average molecular weight is 393 g/mol. The van der Waals surface area contributed by atoms with E-state index in [1.807, 2.05) is 30.3 Å². The van der Waals surface area contributed by atoms with E-state index in [-0.39, 0.29) is 5.91 Å². The minimum atomic E-state index is -1.01. The lowest BCUT2D eigenvalue weighted by Gasteiger charge is -2.21. The third-order valence-electron chi connectivity index (χ3n) is 4.94. The van der Waals surface area contributed by atoms with Crippen LogP contribution in [-0.2, 0) is 21.4 Å². The number of aryl methyl sites for hydroxylation is 1. The van der Waals surface area contributed by atoms with E-state index in [0.717, 1.165) is 5.56 Å². The first-order valence-corrected chi connectivity index (χ1v) is 9.22. The smallest absolute Gasteiger partial charge is 0.313 e. The van der Waals surface area contributed by atoms with Gasteiger partial charge in [-0.15, -0.1) is 5.10 Å².